The molecule has 0 radical (unpaired) electrons. The summed E-state index contributed by atoms with van der Waals surface area (Å²) in [6, 6.07) is 12.1. The fraction of sp³-hybridized carbons (Fsp3) is 0.133. The van der Waals surface area contributed by atoms with Gasteiger partial charge in [0, 0.05) is 15.4 Å². The van der Waals surface area contributed by atoms with Crippen LogP contribution in [0.1, 0.15) is 21.5 Å². The fourth-order valence-corrected chi connectivity index (χ4v) is 2.84. The predicted octanol–water partition coefficient (Wildman–Crippen LogP) is 4.26. The molecule has 2 aromatic carbocycles. The first-order valence-corrected chi connectivity index (χ1v) is 8.17. The van der Waals surface area contributed by atoms with Gasteiger partial charge in [0.25, 0.3) is 5.91 Å². The van der Waals surface area contributed by atoms with E-state index >= 15 is 0 Å². The zero-order valence-electron chi connectivity index (χ0n) is 10.5. The third kappa shape index (κ3) is 4.02. The lowest BCUT2D eigenvalue weighted by molar-refractivity contribution is 0.0950. The first kappa shape index (κ1) is 15.4. The summed E-state index contributed by atoms with van der Waals surface area (Å²) in [5.41, 5.74) is 2.68. The zero-order valence-corrected chi connectivity index (χ0v) is 14.2. The van der Waals surface area contributed by atoms with Crippen LogP contribution >= 0.6 is 38.5 Å². The number of rotatable bonds is 4. The van der Waals surface area contributed by atoms with Crippen LogP contribution in [0.4, 0.5) is 4.39 Å². The minimum atomic E-state index is -0.337. The third-order valence-electron chi connectivity index (χ3n) is 2.77. The molecule has 0 aliphatic carbocycles. The first-order chi connectivity index (χ1) is 9.60. The summed E-state index contributed by atoms with van der Waals surface area (Å²) in [4.78, 5) is 12.1. The lowest BCUT2D eigenvalue weighted by Gasteiger charge is -2.08. The van der Waals surface area contributed by atoms with E-state index in [2.05, 4.69) is 21.2 Å². The van der Waals surface area contributed by atoms with Crippen molar-refractivity contribution in [1.29, 1.82) is 0 Å². The van der Waals surface area contributed by atoms with Gasteiger partial charge in [0.1, 0.15) is 5.82 Å². The van der Waals surface area contributed by atoms with E-state index < -0.39 is 0 Å². The Kier molecular flexibility index (Phi) is 5.54. The number of nitrogens with one attached hydrogen (secondary N) is 1. The lowest BCUT2D eigenvalue weighted by Crippen LogP contribution is -2.23. The third-order valence-corrected chi connectivity index (χ3v) is 4.31. The van der Waals surface area contributed by atoms with Crippen LogP contribution in [0.5, 0.6) is 0 Å². The zero-order chi connectivity index (χ0) is 14.5. The number of hydrogen-bond donors (Lipinski definition) is 1. The van der Waals surface area contributed by atoms with Gasteiger partial charge in [-0.25, -0.2) is 4.39 Å². The molecule has 0 unspecified atom stereocenters. The Morgan fingerprint density at radius 2 is 1.95 bits per heavy atom. The molecule has 0 aromatic heterocycles. The van der Waals surface area contributed by atoms with Crippen LogP contribution in [-0.2, 0) is 11.9 Å². The Hall–Kier alpha value is -0.950. The second-order valence-electron chi connectivity index (χ2n) is 4.26. The van der Waals surface area contributed by atoms with Gasteiger partial charge in [-0.1, -0.05) is 40.2 Å². The van der Waals surface area contributed by atoms with Gasteiger partial charge in [0.05, 0.1) is 5.56 Å². The van der Waals surface area contributed by atoms with E-state index in [1.165, 1.54) is 18.2 Å². The van der Waals surface area contributed by atoms with Crippen molar-refractivity contribution in [3.05, 3.63) is 68.5 Å². The van der Waals surface area contributed by atoms with E-state index in [-0.39, 0.29) is 11.7 Å². The van der Waals surface area contributed by atoms with E-state index in [0.29, 0.717) is 15.7 Å². The highest BCUT2D eigenvalue weighted by Gasteiger charge is 2.10. The molecule has 0 bridgehead atoms. The Bertz CT molecular complexity index is 633. The summed E-state index contributed by atoms with van der Waals surface area (Å²) in [6.45, 7) is 0.452. The second-order valence-corrected chi connectivity index (χ2v) is 5.98. The monoisotopic (exact) mass is 447 g/mol. The molecule has 5 heteroatoms. The molecule has 104 valence electrons. The van der Waals surface area contributed by atoms with Gasteiger partial charge >= 0.3 is 0 Å². The molecule has 0 saturated carbocycles. The van der Waals surface area contributed by atoms with Gasteiger partial charge < -0.3 is 5.32 Å². The van der Waals surface area contributed by atoms with E-state index in [9.17, 15) is 9.18 Å². The van der Waals surface area contributed by atoms with Gasteiger partial charge in [-0.15, -0.1) is 0 Å². The quantitative estimate of drug-likeness (QED) is 0.550. The standard InChI is InChI=1S/C15H12BrFINO/c16-8-10-2-1-3-11(6-10)9-19-15(20)13-5-4-12(17)7-14(13)18/h1-7H,8-9H2,(H,19,20). The molecule has 1 N–H and O–H groups in total. The van der Waals surface area contributed by atoms with Gasteiger partial charge in [-0.05, 0) is 51.9 Å². The molecule has 0 atom stereocenters. The van der Waals surface area contributed by atoms with Crippen LogP contribution < -0.4 is 5.32 Å². The van der Waals surface area contributed by atoms with Crippen molar-refractivity contribution in [1.82, 2.24) is 5.32 Å². The Morgan fingerprint density at radius 3 is 2.65 bits per heavy atom. The smallest absolute Gasteiger partial charge is 0.252 e. The minimum absolute atomic E-state index is 0.196. The summed E-state index contributed by atoms with van der Waals surface area (Å²) in [7, 11) is 0. The first-order valence-electron chi connectivity index (χ1n) is 5.97. The van der Waals surface area contributed by atoms with E-state index in [4.69, 9.17) is 0 Å². The number of alkyl halides is 1. The Morgan fingerprint density at radius 1 is 1.20 bits per heavy atom. The van der Waals surface area contributed by atoms with Crippen LogP contribution in [0, 0.1) is 9.39 Å². The molecule has 0 aliphatic heterocycles. The molecule has 0 spiro atoms. The van der Waals surface area contributed by atoms with Gasteiger partial charge in [0.15, 0.2) is 0 Å². The minimum Gasteiger partial charge on any atom is -0.348 e. The Balaban J connectivity index is 2.04. The van der Waals surface area contributed by atoms with Gasteiger partial charge in [-0.3, -0.25) is 4.79 Å². The van der Waals surface area contributed by atoms with Crippen molar-refractivity contribution in [3.8, 4) is 0 Å². The van der Waals surface area contributed by atoms with E-state index in [1.54, 1.807) is 0 Å². The molecule has 0 fully saturated rings. The molecule has 0 aliphatic rings. The number of halogens is 3. The SMILES string of the molecule is O=C(NCc1cccc(CBr)c1)c1ccc(F)cc1I. The predicted molar refractivity (Wildman–Crippen MR) is 89.4 cm³/mol. The maximum absolute atomic E-state index is 13.0. The van der Waals surface area contributed by atoms with E-state index in [1.807, 2.05) is 46.9 Å². The molecular formula is C15H12BrFINO. The average Bonchev–Trinajstić information content (AvgIpc) is 2.45. The normalized spacial score (nSPS) is 10.3. The molecule has 0 saturated heterocycles. The molecule has 2 nitrogen and oxygen atoms in total. The number of benzene rings is 2. The number of carbonyl (C=O) groups excluding carboxylic acids is 1. The Labute approximate surface area is 139 Å². The molecular weight excluding hydrogens is 436 g/mol. The van der Waals surface area contributed by atoms with Crippen molar-refractivity contribution >= 4 is 44.4 Å². The highest BCUT2D eigenvalue weighted by Crippen LogP contribution is 2.14. The van der Waals surface area contributed by atoms with Crippen molar-refractivity contribution < 1.29 is 9.18 Å². The van der Waals surface area contributed by atoms with Gasteiger partial charge in [0.2, 0.25) is 0 Å². The van der Waals surface area contributed by atoms with Crippen molar-refractivity contribution in [2.45, 2.75) is 11.9 Å². The van der Waals surface area contributed by atoms with Crippen LogP contribution in [0.15, 0.2) is 42.5 Å². The maximum Gasteiger partial charge on any atom is 0.252 e. The topological polar surface area (TPSA) is 29.1 Å². The fourth-order valence-electron chi connectivity index (χ4n) is 1.77. The number of hydrogen-bond acceptors (Lipinski definition) is 1. The lowest BCUT2D eigenvalue weighted by atomic mass is 10.1. The summed E-state index contributed by atoms with van der Waals surface area (Å²) in [5.74, 6) is -0.533. The molecule has 0 heterocycles. The molecule has 2 rings (SSSR count). The highest BCUT2D eigenvalue weighted by atomic mass is 127. The number of carbonyl (C=O) groups is 1. The molecule has 2 aromatic rings. The maximum atomic E-state index is 13.0. The number of amides is 1. The van der Waals surface area contributed by atoms with Gasteiger partial charge in [-0.2, -0.15) is 0 Å². The van der Waals surface area contributed by atoms with Crippen molar-refractivity contribution in [2.24, 2.45) is 0 Å². The van der Waals surface area contributed by atoms with Crippen molar-refractivity contribution in [3.63, 3.8) is 0 Å². The van der Waals surface area contributed by atoms with E-state index in [0.717, 1.165) is 16.5 Å². The molecule has 20 heavy (non-hydrogen) atoms. The highest BCUT2D eigenvalue weighted by molar-refractivity contribution is 14.1. The van der Waals surface area contributed by atoms with Crippen LogP contribution in [0.2, 0.25) is 0 Å². The summed E-state index contributed by atoms with van der Waals surface area (Å²) in [5, 5.41) is 3.63. The van der Waals surface area contributed by atoms with Crippen LogP contribution in [-0.4, -0.2) is 5.91 Å². The largest absolute Gasteiger partial charge is 0.348 e. The van der Waals surface area contributed by atoms with Crippen LogP contribution in [0.3, 0.4) is 0 Å². The van der Waals surface area contributed by atoms with Crippen molar-refractivity contribution in [2.75, 3.05) is 0 Å². The second kappa shape index (κ2) is 7.17. The average molecular weight is 448 g/mol. The summed E-state index contributed by atoms with van der Waals surface area (Å²) < 4.78 is 13.6. The molecule has 1 amide bonds. The van der Waals surface area contributed by atoms with Crippen LogP contribution in [0.25, 0.3) is 0 Å². The summed E-state index contributed by atoms with van der Waals surface area (Å²) in [6.07, 6.45) is 0. The summed E-state index contributed by atoms with van der Waals surface area (Å²) >= 11 is 5.36.